The molecule has 2 aromatic carbocycles. The van der Waals surface area contributed by atoms with E-state index in [0.29, 0.717) is 30.0 Å². The number of ether oxygens (including phenoxy) is 1. The molecule has 4 rings (SSSR count). The minimum atomic E-state index is -3.33. The van der Waals surface area contributed by atoms with Gasteiger partial charge in [0.15, 0.2) is 0 Å². The highest BCUT2D eigenvalue weighted by molar-refractivity contribution is 7.92. The van der Waals surface area contributed by atoms with Crippen molar-refractivity contribution in [1.29, 1.82) is 0 Å². The van der Waals surface area contributed by atoms with Crippen LogP contribution < -0.4 is 14.4 Å². The number of benzene rings is 2. The molecule has 2 heterocycles. The molecule has 0 bridgehead atoms. The number of sulfonamides is 1. The minimum Gasteiger partial charge on any atom is -0.497 e. The molecule has 1 N–H and O–H groups in total. The highest BCUT2D eigenvalue weighted by atomic mass is 32.2. The molecule has 1 amide bonds. The predicted octanol–water partition coefficient (Wildman–Crippen LogP) is 2.27. The summed E-state index contributed by atoms with van der Waals surface area (Å²) < 4.78 is 32.4. The first-order valence-electron chi connectivity index (χ1n) is 9.80. The highest BCUT2D eigenvalue weighted by Crippen LogP contribution is 2.31. The van der Waals surface area contributed by atoms with Crippen LogP contribution in [-0.2, 0) is 23.5 Å². The summed E-state index contributed by atoms with van der Waals surface area (Å²) in [4.78, 5) is 17.6. The van der Waals surface area contributed by atoms with E-state index >= 15 is 0 Å². The molecule has 8 nitrogen and oxygen atoms in total. The van der Waals surface area contributed by atoms with Crippen LogP contribution in [0.1, 0.15) is 33.4 Å². The molecular formula is C22H24N4O4S. The molecule has 0 saturated carbocycles. The number of nitrogens with zero attached hydrogens (tertiary/aromatic N) is 3. The molecule has 162 valence electrons. The molecule has 0 aliphatic carbocycles. The van der Waals surface area contributed by atoms with Crippen molar-refractivity contribution in [3.8, 4) is 5.75 Å². The fourth-order valence-electron chi connectivity index (χ4n) is 3.82. The molecule has 1 atom stereocenters. The Labute approximate surface area is 181 Å². The lowest BCUT2D eigenvalue weighted by atomic mass is 10.0. The van der Waals surface area contributed by atoms with E-state index in [1.54, 1.807) is 31.5 Å². The first-order valence-corrected chi connectivity index (χ1v) is 11.7. The predicted molar refractivity (Wildman–Crippen MR) is 118 cm³/mol. The van der Waals surface area contributed by atoms with Gasteiger partial charge < -0.3 is 14.6 Å². The van der Waals surface area contributed by atoms with Crippen molar-refractivity contribution in [3.05, 3.63) is 77.4 Å². The molecule has 1 aliphatic rings. The van der Waals surface area contributed by atoms with Crippen molar-refractivity contribution >= 4 is 21.6 Å². The Kier molecular flexibility index (Phi) is 5.45. The van der Waals surface area contributed by atoms with Crippen molar-refractivity contribution in [2.45, 2.75) is 12.5 Å². The van der Waals surface area contributed by atoms with Gasteiger partial charge in [0, 0.05) is 31.5 Å². The molecular weight excluding hydrogens is 416 g/mol. The largest absolute Gasteiger partial charge is 0.497 e. The lowest BCUT2D eigenvalue weighted by Crippen LogP contribution is -2.31. The van der Waals surface area contributed by atoms with Crippen LogP contribution in [0.15, 0.2) is 54.9 Å². The Bertz CT molecular complexity index is 1220. The van der Waals surface area contributed by atoms with Gasteiger partial charge >= 0.3 is 0 Å². The number of methoxy groups -OCH3 is 1. The molecule has 9 heteroatoms. The van der Waals surface area contributed by atoms with E-state index in [0.717, 1.165) is 16.9 Å². The van der Waals surface area contributed by atoms with Gasteiger partial charge in [0.2, 0.25) is 10.0 Å². The summed E-state index contributed by atoms with van der Waals surface area (Å²) in [6.07, 6.45) is 5.28. The smallest absolute Gasteiger partial charge is 0.252 e. The molecule has 1 aromatic heterocycles. The number of imidazole rings is 1. The summed E-state index contributed by atoms with van der Waals surface area (Å²) in [5, 5.41) is 3.07. The summed E-state index contributed by atoms with van der Waals surface area (Å²) in [6.45, 7) is 0.390. The maximum atomic E-state index is 13.1. The summed E-state index contributed by atoms with van der Waals surface area (Å²) in [5.41, 5.74) is 2.82. The molecule has 1 aliphatic heterocycles. The third-order valence-electron chi connectivity index (χ3n) is 5.44. The van der Waals surface area contributed by atoms with Crippen LogP contribution in [0.3, 0.4) is 0 Å². The van der Waals surface area contributed by atoms with Crippen LogP contribution >= 0.6 is 0 Å². The number of hydrogen-bond donors (Lipinski definition) is 1. The number of fused-ring (bicyclic) bond motifs is 1. The van der Waals surface area contributed by atoms with Gasteiger partial charge in [-0.25, -0.2) is 13.4 Å². The third-order valence-corrected chi connectivity index (χ3v) is 6.62. The van der Waals surface area contributed by atoms with Crippen molar-refractivity contribution < 1.29 is 17.9 Å². The Morgan fingerprint density at radius 3 is 2.55 bits per heavy atom. The Morgan fingerprint density at radius 2 is 1.94 bits per heavy atom. The molecule has 0 radical (unpaired) electrons. The quantitative estimate of drug-likeness (QED) is 0.635. The van der Waals surface area contributed by atoms with E-state index in [-0.39, 0.29) is 5.91 Å². The Hall–Kier alpha value is -3.33. The zero-order valence-corrected chi connectivity index (χ0v) is 18.4. The number of carbonyl (C=O) groups excluding carboxylic acids is 1. The number of hydrogen-bond acceptors (Lipinski definition) is 5. The summed E-state index contributed by atoms with van der Waals surface area (Å²) in [5.74, 6) is 1.16. The molecule has 0 unspecified atom stereocenters. The molecule has 3 aromatic rings. The van der Waals surface area contributed by atoms with Gasteiger partial charge in [-0.2, -0.15) is 0 Å². The first kappa shape index (κ1) is 20.9. The van der Waals surface area contributed by atoms with E-state index in [4.69, 9.17) is 4.74 Å². The van der Waals surface area contributed by atoms with Crippen molar-refractivity contribution in [1.82, 2.24) is 14.9 Å². The number of anilines is 1. The van der Waals surface area contributed by atoms with Gasteiger partial charge in [-0.15, -0.1) is 0 Å². The lowest BCUT2D eigenvalue weighted by Gasteiger charge is -2.20. The number of aromatic nitrogens is 2. The Balaban J connectivity index is 1.63. The van der Waals surface area contributed by atoms with Gasteiger partial charge in [-0.05, 0) is 47.9 Å². The molecule has 31 heavy (non-hydrogen) atoms. The van der Waals surface area contributed by atoms with Crippen molar-refractivity contribution in [3.63, 3.8) is 0 Å². The third kappa shape index (κ3) is 4.13. The number of amides is 1. The number of rotatable bonds is 6. The van der Waals surface area contributed by atoms with Gasteiger partial charge in [-0.3, -0.25) is 9.10 Å². The van der Waals surface area contributed by atoms with Gasteiger partial charge in [0.1, 0.15) is 17.6 Å². The van der Waals surface area contributed by atoms with Crippen LogP contribution in [0.25, 0.3) is 0 Å². The van der Waals surface area contributed by atoms with E-state index in [1.165, 1.54) is 10.6 Å². The van der Waals surface area contributed by atoms with Crippen molar-refractivity contribution in [2.24, 2.45) is 7.05 Å². The normalized spacial score (nSPS) is 14.2. The molecule has 0 saturated heterocycles. The van der Waals surface area contributed by atoms with E-state index in [2.05, 4.69) is 10.3 Å². The minimum absolute atomic E-state index is 0.260. The second-order valence-corrected chi connectivity index (χ2v) is 9.41. The van der Waals surface area contributed by atoms with Crippen LogP contribution in [0, 0.1) is 0 Å². The average Bonchev–Trinajstić information content (AvgIpc) is 3.37. The second kappa shape index (κ2) is 8.07. The van der Waals surface area contributed by atoms with Crippen LogP contribution in [0.4, 0.5) is 5.69 Å². The number of carbonyl (C=O) groups is 1. The summed E-state index contributed by atoms with van der Waals surface area (Å²) >= 11 is 0. The monoisotopic (exact) mass is 440 g/mol. The number of nitrogens with one attached hydrogen (secondary N) is 1. The van der Waals surface area contributed by atoms with Crippen LogP contribution in [0.2, 0.25) is 0 Å². The Morgan fingerprint density at radius 1 is 1.19 bits per heavy atom. The fraction of sp³-hybridized carbons (Fsp3) is 0.273. The standard InChI is InChI=1S/C22H24N4O4S/c1-25-13-11-23-21(25)20(15-4-7-18(30-2)8-5-15)24-22(27)17-6-9-19-16(14-17)10-12-26(19)31(3,28)29/h4-9,11,13-14,20H,10,12H2,1-3H3,(H,24,27)/t20-/m0/s1. The van der Waals surface area contributed by atoms with Crippen LogP contribution in [0.5, 0.6) is 5.75 Å². The van der Waals surface area contributed by atoms with E-state index < -0.39 is 16.1 Å². The van der Waals surface area contributed by atoms with E-state index in [9.17, 15) is 13.2 Å². The molecule has 0 spiro atoms. The summed E-state index contributed by atoms with van der Waals surface area (Å²) in [6, 6.07) is 12.1. The zero-order chi connectivity index (χ0) is 22.2. The van der Waals surface area contributed by atoms with Crippen molar-refractivity contribution in [2.75, 3.05) is 24.2 Å². The first-order chi connectivity index (χ1) is 14.8. The fourth-order valence-corrected chi connectivity index (χ4v) is 4.78. The maximum absolute atomic E-state index is 13.1. The van der Waals surface area contributed by atoms with Gasteiger partial charge in [0.25, 0.3) is 5.91 Å². The zero-order valence-electron chi connectivity index (χ0n) is 17.6. The summed E-state index contributed by atoms with van der Waals surface area (Å²) in [7, 11) is 0.145. The average molecular weight is 441 g/mol. The maximum Gasteiger partial charge on any atom is 0.252 e. The SMILES string of the molecule is COc1ccc([C@H](NC(=O)c2ccc3c(c2)CCN3S(C)(=O)=O)c2nccn2C)cc1. The number of aryl methyl sites for hydroxylation is 1. The topological polar surface area (TPSA) is 93.5 Å². The van der Waals surface area contributed by atoms with E-state index in [1.807, 2.05) is 42.1 Å². The van der Waals surface area contributed by atoms with Gasteiger partial charge in [0.05, 0.1) is 19.1 Å². The lowest BCUT2D eigenvalue weighted by molar-refractivity contribution is 0.0941. The highest BCUT2D eigenvalue weighted by Gasteiger charge is 2.28. The van der Waals surface area contributed by atoms with Crippen LogP contribution in [-0.4, -0.2) is 43.8 Å². The molecule has 0 fully saturated rings. The van der Waals surface area contributed by atoms with Gasteiger partial charge in [-0.1, -0.05) is 12.1 Å². The second-order valence-electron chi connectivity index (χ2n) is 7.50.